The molecule has 0 spiro atoms. The molecule has 1 unspecified atom stereocenters. The Morgan fingerprint density at radius 1 is 0.780 bits per heavy atom. The molecule has 4 rings (SSSR count). The molecular weight excluding hydrogens is 614 g/mol. The van der Waals surface area contributed by atoms with Crippen molar-refractivity contribution in [1.82, 2.24) is 10.0 Å². The molecule has 1 aliphatic rings. The Kier molecular flexibility index (Phi) is 9.19. The summed E-state index contributed by atoms with van der Waals surface area (Å²) in [6.45, 7) is 4.66. The van der Waals surface area contributed by atoms with Gasteiger partial charge in [-0.1, -0.05) is 107 Å². The van der Waals surface area contributed by atoms with Crippen molar-refractivity contribution < 1.29 is 28.7 Å². The Bertz CT molecular complexity index is 1460. The lowest BCUT2D eigenvalue weighted by Gasteiger charge is -2.36. The fourth-order valence-corrected chi connectivity index (χ4v) is 5.14. The van der Waals surface area contributed by atoms with Crippen LogP contribution in [0.1, 0.15) is 52.6 Å². The summed E-state index contributed by atoms with van der Waals surface area (Å²) < 4.78 is 11.1. The zero-order chi connectivity index (χ0) is 30.1. The molecule has 3 aromatic rings. The number of hydrogen-bond donors (Lipinski definition) is 0. The van der Waals surface area contributed by atoms with E-state index in [0.29, 0.717) is 21.1 Å². The molecule has 12 heteroatoms. The summed E-state index contributed by atoms with van der Waals surface area (Å²) in [7, 11) is 0. The summed E-state index contributed by atoms with van der Waals surface area (Å²) in [5.41, 5.74) is -0.490. The van der Waals surface area contributed by atoms with Gasteiger partial charge in [0.2, 0.25) is 0 Å². The van der Waals surface area contributed by atoms with Gasteiger partial charge in [-0.2, -0.15) is 10.0 Å². The molecule has 41 heavy (non-hydrogen) atoms. The maximum absolute atomic E-state index is 13.8. The molecule has 0 radical (unpaired) electrons. The van der Waals surface area contributed by atoms with Crippen LogP contribution in [0.2, 0.25) is 20.1 Å². The van der Waals surface area contributed by atoms with Crippen LogP contribution in [0.5, 0.6) is 0 Å². The van der Waals surface area contributed by atoms with Crippen LogP contribution in [0, 0.1) is 0 Å². The Labute approximate surface area is 256 Å². The van der Waals surface area contributed by atoms with Gasteiger partial charge in [-0.3, -0.25) is 9.59 Å². The summed E-state index contributed by atoms with van der Waals surface area (Å²) in [6, 6.07) is 16.1. The highest BCUT2D eigenvalue weighted by atomic mass is 35.5. The minimum atomic E-state index is -1.53. The van der Waals surface area contributed by atoms with Crippen LogP contribution in [0.4, 0.5) is 4.79 Å². The van der Waals surface area contributed by atoms with Gasteiger partial charge < -0.3 is 9.47 Å². The second-order valence-corrected chi connectivity index (χ2v) is 11.6. The lowest BCUT2D eigenvalue weighted by atomic mass is 10.1. The first-order valence-corrected chi connectivity index (χ1v) is 13.8. The molecule has 1 heterocycles. The van der Waals surface area contributed by atoms with Crippen molar-refractivity contribution >= 4 is 70.3 Å². The molecule has 1 atom stereocenters. The molecule has 8 nitrogen and oxygen atoms in total. The molecule has 0 fully saturated rings. The van der Waals surface area contributed by atoms with Crippen molar-refractivity contribution in [3.63, 3.8) is 0 Å². The highest BCUT2D eigenvalue weighted by Gasteiger charge is 2.50. The second-order valence-electron chi connectivity index (χ2n) is 10.1. The number of carbonyl (C=O) groups excluding carboxylic acids is 4. The fraction of sp³-hybridized carbons (Fsp3) is 0.241. The quantitative estimate of drug-likeness (QED) is 0.116. The minimum Gasteiger partial charge on any atom is -0.459 e. The molecule has 3 amide bonds. The van der Waals surface area contributed by atoms with Crippen molar-refractivity contribution in [2.75, 3.05) is 0 Å². The molecule has 0 bridgehead atoms. The number of ether oxygens (including phenoxy) is 2. The van der Waals surface area contributed by atoms with Crippen molar-refractivity contribution in [2.24, 2.45) is 0 Å². The van der Waals surface area contributed by atoms with Crippen molar-refractivity contribution in [1.29, 1.82) is 0 Å². The number of imide groups is 1. The highest BCUT2D eigenvalue weighted by molar-refractivity contribution is 6.55. The smallest absolute Gasteiger partial charge is 0.430 e. The van der Waals surface area contributed by atoms with Crippen LogP contribution in [0.25, 0.3) is 0 Å². The van der Waals surface area contributed by atoms with Crippen LogP contribution < -0.4 is 0 Å². The first-order valence-electron chi connectivity index (χ1n) is 12.3. The zero-order valence-corrected chi connectivity index (χ0v) is 25.1. The van der Waals surface area contributed by atoms with Crippen LogP contribution in [-0.4, -0.2) is 45.5 Å². The molecule has 1 aliphatic heterocycles. The van der Waals surface area contributed by atoms with Gasteiger partial charge in [-0.05, 0) is 31.9 Å². The van der Waals surface area contributed by atoms with Gasteiger partial charge in [0.15, 0.2) is 6.04 Å². The van der Waals surface area contributed by atoms with Gasteiger partial charge in [-0.15, -0.1) is 0 Å². The Morgan fingerprint density at radius 3 is 1.71 bits per heavy atom. The van der Waals surface area contributed by atoms with E-state index in [1.807, 2.05) is 6.07 Å². The second kappa shape index (κ2) is 12.3. The third-order valence-corrected chi connectivity index (χ3v) is 7.74. The predicted octanol–water partition coefficient (Wildman–Crippen LogP) is 7.40. The number of fused-ring (bicyclic) bond motifs is 1. The van der Waals surface area contributed by atoms with E-state index in [2.05, 4.69) is 0 Å². The van der Waals surface area contributed by atoms with Crippen LogP contribution in [-0.2, 0) is 27.3 Å². The van der Waals surface area contributed by atoms with Crippen molar-refractivity contribution in [3.05, 3.63) is 103 Å². The molecule has 0 N–H and O–H groups in total. The van der Waals surface area contributed by atoms with E-state index >= 15 is 0 Å². The number of hydrogen-bond acceptors (Lipinski definition) is 6. The number of hydrazine groups is 1. The number of benzene rings is 3. The number of esters is 1. The maximum Gasteiger partial charge on any atom is 0.430 e. The monoisotopic (exact) mass is 636 g/mol. The Hall–Kier alpha value is -3.30. The SMILES string of the molecule is CC(C)(C)OC(=O)N(C(Cc1ccccc1)C(=O)OCc1ccccc1)N1C(=O)c2c(Cl)c(Cl)c(Cl)c(Cl)c2C1=O. The zero-order valence-electron chi connectivity index (χ0n) is 22.1. The van der Waals surface area contributed by atoms with Crippen molar-refractivity contribution in [3.8, 4) is 0 Å². The molecule has 0 aromatic heterocycles. The Balaban J connectivity index is 1.83. The summed E-state index contributed by atoms with van der Waals surface area (Å²) in [6.07, 6.45) is -1.29. The summed E-state index contributed by atoms with van der Waals surface area (Å²) >= 11 is 25.0. The standard InChI is InChI=1S/C29H24Cl4N2O6/c1-29(2,3)41-28(39)34(35-25(36)19-20(26(35)37)22(31)24(33)23(32)21(19)30)18(14-16-10-6-4-7-11-16)27(38)40-15-17-12-8-5-9-13-17/h4-13,18H,14-15H2,1-3H3. The normalized spacial score (nSPS) is 13.6. The van der Waals surface area contributed by atoms with E-state index in [4.69, 9.17) is 55.9 Å². The van der Waals surface area contributed by atoms with Crippen LogP contribution in [0.15, 0.2) is 60.7 Å². The third-order valence-electron chi connectivity index (χ3n) is 5.94. The molecule has 0 aliphatic carbocycles. The minimum absolute atomic E-state index is 0.127. The van der Waals surface area contributed by atoms with E-state index in [0.717, 1.165) is 0 Å². The van der Waals surface area contributed by atoms with Crippen LogP contribution in [0.3, 0.4) is 0 Å². The first kappa shape index (κ1) is 30.7. The van der Waals surface area contributed by atoms with Gasteiger partial charge in [0.1, 0.15) is 12.2 Å². The summed E-state index contributed by atoms with van der Waals surface area (Å²) in [4.78, 5) is 55.0. The van der Waals surface area contributed by atoms with Gasteiger partial charge in [-0.25, -0.2) is 9.59 Å². The fourth-order valence-electron chi connectivity index (χ4n) is 4.12. The third kappa shape index (κ3) is 6.46. The van der Waals surface area contributed by atoms with E-state index in [1.54, 1.807) is 75.4 Å². The largest absolute Gasteiger partial charge is 0.459 e. The van der Waals surface area contributed by atoms with E-state index in [1.165, 1.54) is 0 Å². The number of amides is 3. The van der Waals surface area contributed by atoms with Crippen LogP contribution >= 0.6 is 46.4 Å². The van der Waals surface area contributed by atoms with Crippen molar-refractivity contribution in [2.45, 2.75) is 45.4 Å². The van der Waals surface area contributed by atoms with Gasteiger partial charge >= 0.3 is 12.1 Å². The molecule has 0 saturated heterocycles. The lowest BCUT2D eigenvalue weighted by molar-refractivity contribution is -0.155. The molecular formula is C29H24Cl4N2O6. The summed E-state index contributed by atoms with van der Waals surface area (Å²) in [5.74, 6) is -2.99. The first-order chi connectivity index (χ1) is 19.3. The number of halogens is 4. The van der Waals surface area contributed by atoms with E-state index < -0.39 is 35.5 Å². The van der Waals surface area contributed by atoms with Gasteiger partial charge in [0, 0.05) is 6.42 Å². The predicted molar refractivity (Wildman–Crippen MR) is 155 cm³/mol. The van der Waals surface area contributed by atoms with Gasteiger partial charge in [0.25, 0.3) is 11.8 Å². The van der Waals surface area contributed by atoms with E-state index in [9.17, 15) is 19.2 Å². The summed E-state index contributed by atoms with van der Waals surface area (Å²) in [5, 5.41) is -0.0238. The number of carbonyl (C=O) groups is 4. The highest BCUT2D eigenvalue weighted by Crippen LogP contribution is 2.45. The molecule has 3 aromatic carbocycles. The lowest BCUT2D eigenvalue weighted by Crippen LogP contribution is -2.59. The van der Waals surface area contributed by atoms with E-state index in [-0.39, 0.29) is 44.2 Å². The number of rotatable bonds is 7. The molecule has 214 valence electrons. The average Bonchev–Trinajstić information content (AvgIpc) is 3.19. The topological polar surface area (TPSA) is 93.2 Å². The average molecular weight is 638 g/mol. The number of nitrogens with zero attached hydrogens (tertiary/aromatic N) is 2. The van der Waals surface area contributed by atoms with Gasteiger partial charge in [0.05, 0.1) is 31.2 Å². The molecule has 0 saturated carbocycles. The Morgan fingerprint density at radius 2 is 1.24 bits per heavy atom. The maximum atomic E-state index is 13.8.